The fourth-order valence-electron chi connectivity index (χ4n) is 5.09. The molecule has 0 spiro atoms. The second-order valence-corrected chi connectivity index (χ2v) is 10.1. The number of halogens is 1. The molecule has 4 aromatic rings. The number of piperazine rings is 1. The molecule has 0 aliphatic carbocycles. The Balaban J connectivity index is 1.12. The average molecular weight is 545 g/mol. The van der Waals surface area contributed by atoms with Crippen LogP contribution in [0, 0.1) is 5.82 Å². The Morgan fingerprint density at radius 2 is 1.75 bits per heavy atom. The summed E-state index contributed by atoms with van der Waals surface area (Å²) in [7, 11) is 0. The zero-order valence-corrected chi connectivity index (χ0v) is 21.8. The number of imidazole rings is 1. The van der Waals surface area contributed by atoms with E-state index in [4.69, 9.17) is 14.5 Å². The first kappa shape index (κ1) is 26.0. The molecule has 3 heterocycles. The van der Waals surface area contributed by atoms with E-state index in [-0.39, 0.29) is 23.4 Å². The SMILES string of the molecule is O=C(O)c1ccc2nc(CN3CCN(C(=O)c4cccc(Oc5ccc(F)cc5)c4)CC3)n(C[C@@H]3CCO3)c2c1. The monoisotopic (exact) mass is 544 g/mol. The molecule has 3 aromatic carbocycles. The third kappa shape index (κ3) is 5.54. The molecule has 0 unspecified atom stereocenters. The van der Waals surface area contributed by atoms with Gasteiger partial charge in [-0.25, -0.2) is 14.2 Å². The Kier molecular flexibility index (Phi) is 7.19. The predicted octanol–water partition coefficient (Wildman–Crippen LogP) is 4.41. The minimum Gasteiger partial charge on any atom is -0.478 e. The minimum atomic E-state index is -0.968. The van der Waals surface area contributed by atoms with Crippen LogP contribution in [0.1, 0.15) is 33.0 Å². The van der Waals surface area contributed by atoms with Crippen molar-refractivity contribution in [1.29, 1.82) is 0 Å². The molecule has 1 amide bonds. The summed E-state index contributed by atoms with van der Waals surface area (Å²) < 4.78 is 26.7. The van der Waals surface area contributed by atoms with Crippen molar-refractivity contribution in [3.05, 3.63) is 89.5 Å². The zero-order valence-electron chi connectivity index (χ0n) is 21.8. The van der Waals surface area contributed by atoms with Crippen LogP contribution >= 0.6 is 0 Å². The van der Waals surface area contributed by atoms with Crippen LogP contribution in [-0.4, -0.2) is 75.2 Å². The minimum absolute atomic E-state index is 0.0697. The number of nitrogens with zero attached hydrogens (tertiary/aromatic N) is 4. The largest absolute Gasteiger partial charge is 0.478 e. The molecule has 10 heteroatoms. The second kappa shape index (κ2) is 11.1. The maximum absolute atomic E-state index is 13.3. The van der Waals surface area contributed by atoms with Gasteiger partial charge in [-0.3, -0.25) is 9.69 Å². The fraction of sp³-hybridized carbons (Fsp3) is 0.300. The highest BCUT2D eigenvalue weighted by Crippen LogP contribution is 2.25. The van der Waals surface area contributed by atoms with E-state index < -0.39 is 5.97 Å². The van der Waals surface area contributed by atoms with Crippen LogP contribution in [0.3, 0.4) is 0 Å². The van der Waals surface area contributed by atoms with Crippen molar-refractivity contribution in [1.82, 2.24) is 19.4 Å². The first-order valence-electron chi connectivity index (χ1n) is 13.3. The van der Waals surface area contributed by atoms with Crippen molar-refractivity contribution in [3.63, 3.8) is 0 Å². The molecule has 0 radical (unpaired) electrons. The maximum atomic E-state index is 13.3. The quantitative estimate of drug-likeness (QED) is 0.351. The lowest BCUT2D eigenvalue weighted by Crippen LogP contribution is -2.48. The molecular weight excluding hydrogens is 515 g/mol. The van der Waals surface area contributed by atoms with Crippen molar-refractivity contribution >= 4 is 22.9 Å². The lowest BCUT2D eigenvalue weighted by atomic mass is 10.1. The lowest BCUT2D eigenvalue weighted by Gasteiger charge is -2.35. The Bertz CT molecular complexity index is 1540. The van der Waals surface area contributed by atoms with Crippen LogP contribution in [0.5, 0.6) is 11.5 Å². The number of amides is 1. The first-order valence-corrected chi connectivity index (χ1v) is 13.3. The summed E-state index contributed by atoms with van der Waals surface area (Å²) in [6.45, 7) is 4.46. The van der Waals surface area contributed by atoms with Crippen LogP contribution < -0.4 is 4.74 Å². The summed E-state index contributed by atoms with van der Waals surface area (Å²) in [6, 6.07) is 17.8. The van der Waals surface area contributed by atoms with Crippen molar-refractivity contribution in [2.24, 2.45) is 0 Å². The molecular formula is C30H29FN4O5. The molecule has 1 atom stereocenters. The molecule has 0 saturated carbocycles. The number of aromatic carboxylic acids is 1. The number of fused-ring (bicyclic) bond motifs is 1. The summed E-state index contributed by atoms with van der Waals surface area (Å²) in [5.41, 5.74) is 2.32. The Morgan fingerprint density at radius 1 is 0.975 bits per heavy atom. The van der Waals surface area contributed by atoms with E-state index in [9.17, 15) is 19.1 Å². The third-order valence-electron chi connectivity index (χ3n) is 7.41. The summed E-state index contributed by atoms with van der Waals surface area (Å²) in [5.74, 6) is 0.486. The molecule has 9 nitrogen and oxygen atoms in total. The van der Waals surface area contributed by atoms with E-state index in [2.05, 4.69) is 9.47 Å². The number of hydrogen-bond donors (Lipinski definition) is 1. The summed E-state index contributed by atoms with van der Waals surface area (Å²) in [6.07, 6.45) is 1.07. The number of carboxylic acid groups (broad SMARTS) is 1. The Hall–Kier alpha value is -4.28. The standard InChI is InChI=1S/C30H29FN4O5/c31-22-5-7-23(8-6-22)40-24-3-1-2-20(16-24)29(36)34-13-11-33(12-14-34)19-28-32-26-9-4-21(30(37)38)17-27(26)35(28)18-25-10-15-39-25/h1-9,16-17,25H,10-15,18-19H2,(H,37,38)/t25-/m0/s1. The van der Waals surface area contributed by atoms with Gasteiger partial charge in [-0.1, -0.05) is 6.07 Å². The highest BCUT2D eigenvalue weighted by atomic mass is 19.1. The molecule has 2 aliphatic rings. The van der Waals surface area contributed by atoms with Crippen molar-refractivity contribution < 1.29 is 28.6 Å². The van der Waals surface area contributed by atoms with Crippen LogP contribution in [0.2, 0.25) is 0 Å². The van der Waals surface area contributed by atoms with Gasteiger partial charge in [0, 0.05) is 38.3 Å². The van der Waals surface area contributed by atoms with Gasteiger partial charge in [0.15, 0.2) is 0 Å². The van der Waals surface area contributed by atoms with E-state index in [1.165, 1.54) is 12.1 Å². The maximum Gasteiger partial charge on any atom is 0.335 e. The fourth-order valence-corrected chi connectivity index (χ4v) is 5.09. The van der Waals surface area contributed by atoms with Gasteiger partial charge in [-0.2, -0.15) is 0 Å². The number of benzene rings is 3. The van der Waals surface area contributed by atoms with Gasteiger partial charge in [0.1, 0.15) is 23.1 Å². The van der Waals surface area contributed by atoms with Crippen LogP contribution in [0.15, 0.2) is 66.7 Å². The molecule has 2 fully saturated rings. The number of ether oxygens (including phenoxy) is 2. The van der Waals surface area contributed by atoms with Crippen molar-refractivity contribution in [3.8, 4) is 11.5 Å². The van der Waals surface area contributed by atoms with E-state index >= 15 is 0 Å². The predicted molar refractivity (Wildman–Crippen MR) is 145 cm³/mol. The van der Waals surface area contributed by atoms with Gasteiger partial charge < -0.3 is 24.0 Å². The van der Waals surface area contributed by atoms with Gasteiger partial charge in [0.2, 0.25) is 0 Å². The first-order chi connectivity index (χ1) is 19.4. The molecule has 1 aromatic heterocycles. The molecule has 6 rings (SSSR count). The van der Waals surface area contributed by atoms with Gasteiger partial charge >= 0.3 is 5.97 Å². The smallest absolute Gasteiger partial charge is 0.335 e. The van der Waals surface area contributed by atoms with E-state index in [0.29, 0.717) is 56.3 Å². The topological polar surface area (TPSA) is 97.1 Å². The van der Waals surface area contributed by atoms with E-state index in [1.54, 1.807) is 54.6 Å². The molecule has 1 N–H and O–H groups in total. The molecule has 2 saturated heterocycles. The van der Waals surface area contributed by atoms with Crippen molar-refractivity contribution in [2.75, 3.05) is 32.8 Å². The number of carbonyl (C=O) groups is 2. The Labute approximate surface area is 230 Å². The Morgan fingerprint density at radius 3 is 2.45 bits per heavy atom. The molecule has 0 bridgehead atoms. The van der Waals surface area contributed by atoms with Gasteiger partial charge in [0.25, 0.3) is 5.91 Å². The number of rotatable bonds is 8. The lowest BCUT2D eigenvalue weighted by molar-refractivity contribution is -0.0592. The summed E-state index contributed by atoms with van der Waals surface area (Å²) in [5, 5.41) is 9.47. The second-order valence-electron chi connectivity index (χ2n) is 10.1. The highest BCUT2D eigenvalue weighted by Gasteiger charge is 2.26. The summed E-state index contributed by atoms with van der Waals surface area (Å²) in [4.78, 5) is 33.7. The zero-order chi connectivity index (χ0) is 27.6. The number of carboxylic acids is 1. The van der Waals surface area contributed by atoms with Gasteiger partial charge in [0.05, 0.1) is 35.8 Å². The average Bonchev–Trinajstić information content (AvgIpc) is 3.28. The highest BCUT2D eigenvalue weighted by molar-refractivity contribution is 5.95. The third-order valence-corrected chi connectivity index (χ3v) is 7.41. The van der Waals surface area contributed by atoms with Gasteiger partial charge in [-0.05, 0) is 67.1 Å². The van der Waals surface area contributed by atoms with Gasteiger partial charge in [-0.15, -0.1) is 0 Å². The molecule has 2 aliphatic heterocycles. The normalized spacial score (nSPS) is 17.5. The van der Waals surface area contributed by atoms with Crippen LogP contribution in [0.4, 0.5) is 4.39 Å². The number of hydrogen-bond acceptors (Lipinski definition) is 6. The van der Waals surface area contributed by atoms with E-state index in [0.717, 1.165) is 29.9 Å². The van der Waals surface area contributed by atoms with Crippen molar-refractivity contribution in [2.45, 2.75) is 25.6 Å². The summed E-state index contributed by atoms with van der Waals surface area (Å²) >= 11 is 0. The van der Waals surface area contributed by atoms with Crippen LogP contribution in [-0.2, 0) is 17.8 Å². The number of carbonyl (C=O) groups excluding carboxylic acids is 1. The number of aromatic nitrogens is 2. The van der Waals surface area contributed by atoms with E-state index in [1.807, 2.05) is 4.90 Å². The molecule has 40 heavy (non-hydrogen) atoms. The molecule has 206 valence electrons. The van der Waals surface area contributed by atoms with Crippen LogP contribution in [0.25, 0.3) is 11.0 Å².